The Balaban J connectivity index is 2.17. The molecular weight excluding hydrogens is 349 g/mol. The van der Waals surface area contributed by atoms with Crippen LogP contribution in [0.3, 0.4) is 0 Å². The number of fused-ring (bicyclic) bond motifs is 1. The predicted molar refractivity (Wildman–Crippen MR) is 81.8 cm³/mol. The van der Waals surface area contributed by atoms with Crippen LogP contribution in [0.2, 0.25) is 10.2 Å². The molecule has 0 spiro atoms. The Hall–Kier alpha value is -1.10. The maximum atomic E-state index is 5.94. The van der Waals surface area contributed by atoms with Crippen LogP contribution in [0, 0.1) is 6.92 Å². The molecule has 2 aromatic heterocycles. The van der Waals surface area contributed by atoms with Crippen LogP contribution in [-0.2, 0) is 0 Å². The topological polar surface area (TPSA) is 41.6 Å². The molecule has 3 rings (SSSR count). The molecule has 96 valence electrons. The van der Waals surface area contributed by atoms with Crippen molar-refractivity contribution in [1.29, 1.82) is 0 Å². The van der Waals surface area contributed by atoms with E-state index in [-0.39, 0.29) is 5.15 Å². The molecule has 3 nitrogen and oxygen atoms in total. The Morgan fingerprint density at radius 1 is 1.16 bits per heavy atom. The average Bonchev–Trinajstić information content (AvgIpc) is 2.76. The van der Waals surface area contributed by atoms with Crippen LogP contribution in [0.1, 0.15) is 5.56 Å². The summed E-state index contributed by atoms with van der Waals surface area (Å²) >= 11 is 15.3. The number of pyridine rings is 1. The molecule has 0 atom stereocenters. The number of aryl methyl sites for hydroxylation is 1. The molecule has 1 aromatic carbocycles. The van der Waals surface area contributed by atoms with Crippen molar-refractivity contribution in [3.05, 3.63) is 44.5 Å². The van der Waals surface area contributed by atoms with Gasteiger partial charge in [0.15, 0.2) is 5.65 Å². The van der Waals surface area contributed by atoms with E-state index in [1.807, 2.05) is 25.1 Å². The van der Waals surface area contributed by atoms with Crippen LogP contribution in [0.25, 0.3) is 22.6 Å². The molecule has 0 aliphatic heterocycles. The third-order valence-corrected chi connectivity index (χ3v) is 4.38. The molecule has 6 heteroatoms. The van der Waals surface area contributed by atoms with Gasteiger partial charge in [-0.25, -0.2) is 9.97 Å². The lowest BCUT2D eigenvalue weighted by Gasteiger charge is -2.00. The molecule has 0 amide bonds. The Kier molecular flexibility index (Phi) is 3.25. The number of nitrogens with one attached hydrogen (secondary N) is 1. The number of imidazole rings is 1. The smallest absolute Gasteiger partial charge is 0.179 e. The summed E-state index contributed by atoms with van der Waals surface area (Å²) in [6, 6.07) is 7.75. The molecule has 19 heavy (non-hydrogen) atoms. The number of H-pyrrole nitrogens is 1. The molecule has 0 aliphatic carbocycles. The number of hydrogen-bond acceptors (Lipinski definition) is 2. The minimum absolute atomic E-state index is 0.263. The van der Waals surface area contributed by atoms with E-state index in [0.717, 1.165) is 26.9 Å². The lowest BCUT2D eigenvalue weighted by Crippen LogP contribution is -1.83. The number of aromatic amines is 1. The van der Waals surface area contributed by atoms with Gasteiger partial charge in [-0.3, -0.25) is 0 Å². The molecule has 0 fully saturated rings. The number of halogens is 3. The van der Waals surface area contributed by atoms with Gasteiger partial charge in [0.2, 0.25) is 0 Å². The van der Waals surface area contributed by atoms with Crippen molar-refractivity contribution < 1.29 is 0 Å². The van der Waals surface area contributed by atoms with E-state index in [1.165, 1.54) is 0 Å². The van der Waals surface area contributed by atoms with Crippen LogP contribution in [0.15, 0.2) is 28.7 Å². The maximum Gasteiger partial charge on any atom is 0.179 e. The molecule has 1 N–H and O–H groups in total. The highest BCUT2D eigenvalue weighted by molar-refractivity contribution is 9.10. The van der Waals surface area contributed by atoms with Crippen molar-refractivity contribution in [1.82, 2.24) is 15.0 Å². The van der Waals surface area contributed by atoms with Crippen molar-refractivity contribution in [2.24, 2.45) is 0 Å². The second-order valence-corrected chi connectivity index (χ2v) is 5.80. The van der Waals surface area contributed by atoms with E-state index >= 15 is 0 Å². The molecular formula is C13H8BrCl2N3. The highest BCUT2D eigenvalue weighted by Gasteiger charge is 2.10. The molecule has 0 radical (unpaired) electrons. The second-order valence-electron chi connectivity index (χ2n) is 4.18. The van der Waals surface area contributed by atoms with Gasteiger partial charge in [0, 0.05) is 10.0 Å². The van der Waals surface area contributed by atoms with E-state index in [9.17, 15) is 0 Å². The Labute approximate surface area is 128 Å². The molecule has 0 aliphatic rings. The number of benzene rings is 1. The molecule has 0 unspecified atom stereocenters. The van der Waals surface area contributed by atoms with Gasteiger partial charge in [-0.2, -0.15) is 0 Å². The largest absolute Gasteiger partial charge is 0.337 e. The fourth-order valence-electron chi connectivity index (χ4n) is 1.82. The van der Waals surface area contributed by atoms with Gasteiger partial charge in [0.25, 0.3) is 0 Å². The van der Waals surface area contributed by atoms with Gasteiger partial charge in [-0.15, -0.1) is 0 Å². The van der Waals surface area contributed by atoms with Crippen molar-refractivity contribution in [3.63, 3.8) is 0 Å². The zero-order valence-corrected chi connectivity index (χ0v) is 12.9. The lowest BCUT2D eigenvalue weighted by atomic mass is 10.1. The van der Waals surface area contributed by atoms with E-state index in [2.05, 4.69) is 30.9 Å². The first-order chi connectivity index (χ1) is 9.04. The van der Waals surface area contributed by atoms with Gasteiger partial charge in [-0.05, 0) is 30.7 Å². The summed E-state index contributed by atoms with van der Waals surface area (Å²) in [5.41, 5.74) is 3.46. The first-order valence-electron chi connectivity index (χ1n) is 5.53. The van der Waals surface area contributed by atoms with Crippen LogP contribution < -0.4 is 0 Å². The van der Waals surface area contributed by atoms with E-state index < -0.39 is 0 Å². The van der Waals surface area contributed by atoms with Gasteiger partial charge >= 0.3 is 0 Å². The predicted octanol–water partition coefficient (Wildman–Crippen LogP) is 5.00. The standard InChI is InChI=1S/C13H8BrCl2N3/c1-6-4-7(2-3-8(6)14)12-17-10-5-9(15)11(16)18-13(10)19-12/h2-5H,1H3,(H,17,18,19). The van der Waals surface area contributed by atoms with Gasteiger partial charge in [0.1, 0.15) is 11.0 Å². The number of hydrogen-bond donors (Lipinski definition) is 1. The fourth-order valence-corrected chi connectivity index (χ4v) is 2.36. The van der Waals surface area contributed by atoms with E-state index in [4.69, 9.17) is 23.2 Å². The SMILES string of the molecule is Cc1cc(-c2nc3nc(Cl)c(Cl)cc3[nH]2)ccc1Br. The quantitative estimate of drug-likeness (QED) is 0.623. The average molecular weight is 357 g/mol. The molecule has 0 bridgehead atoms. The van der Waals surface area contributed by atoms with Gasteiger partial charge in [-0.1, -0.05) is 45.2 Å². The van der Waals surface area contributed by atoms with E-state index in [0.29, 0.717) is 10.7 Å². The van der Waals surface area contributed by atoms with Crippen molar-refractivity contribution in [3.8, 4) is 11.4 Å². The highest BCUT2D eigenvalue weighted by atomic mass is 79.9. The zero-order valence-electron chi connectivity index (χ0n) is 9.84. The normalized spacial score (nSPS) is 11.2. The number of rotatable bonds is 1. The van der Waals surface area contributed by atoms with Crippen LogP contribution in [-0.4, -0.2) is 15.0 Å². The van der Waals surface area contributed by atoms with Gasteiger partial charge < -0.3 is 4.98 Å². The van der Waals surface area contributed by atoms with Gasteiger partial charge in [0.05, 0.1) is 10.5 Å². The molecule has 2 heterocycles. The van der Waals surface area contributed by atoms with Crippen LogP contribution in [0.4, 0.5) is 0 Å². The van der Waals surface area contributed by atoms with Crippen molar-refractivity contribution in [2.45, 2.75) is 6.92 Å². The molecule has 0 saturated heterocycles. The third-order valence-electron chi connectivity index (χ3n) is 2.82. The molecule has 0 saturated carbocycles. The second kappa shape index (κ2) is 4.78. The summed E-state index contributed by atoms with van der Waals surface area (Å²) < 4.78 is 1.07. The maximum absolute atomic E-state index is 5.94. The summed E-state index contributed by atoms with van der Waals surface area (Å²) in [7, 11) is 0. The Morgan fingerprint density at radius 3 is 2.68 bits per heavy atom. The highest BCUT2D eigenvalue weighted by Crippen LogP contribution is 2.27. The first-order valence-corrected chi connectivity index (χ1v) is 7.08. The number of aromatic nitrogens is 3. The lowest BCUT2D eigenvalue weighted by molar-refractivity contribution is 1.29. The minimum Gasteiger partial charge on any atom is -0.337 e. The van der Waals surface area contributed by atoms with Crippen molar-refractivity contribution >= 4 is 50.3 Å². The summed E-state index contributed by atoms with van der Waals surface area (Å²) in [5.74, 6) is 0.747. The zero-order chi connectivity index (χ0) is 13.6. The Morgan fingerprint density at radius 2 is 1.95 bits per heavy atom. The summed E-state index contributed by atoms with van der Waals surface area (Å²) in [6.07, 6.45) is 0. The van der Waals surface area contributed by atoms with Crippen LogP contribution >= 0.6 is 39.1 Å². The van der Waals surface area contributed by atoms with E-state index in [1.54, 1.807) is 6.07 Å². The first kappa shape index (κ1) is 12.9. The van der Waals surface area contributed by atoms with Crippen molar-refractivity contribution in [2.75, 3.05) is 0 Å². The minimum atomic E-state index is 0.263. The fraction of sp³-hybridized carbons (Fsp3) is 0.0769. The third kappa shape index (κ3) is 2.36. The summed E-state index contributed by atoms with van der Waals surface area (Å²) in [5, 5.41) is 0.676. The van der Waals surface area contributed by atoms with Crippen LogP contribution in [0.5, 0.6) is 0 Å². The number of nitrogens with zero attached hydrogens (tertiary/aromatic N) is 2. The summed E-state index contributed by atoms with van der Waals surface area (Å²) in [6.45, 7) is 2.03. The summed E-state index contributed by atoms with van der Waals surface area (Å²) in [4.78, 5) is 11.8. The monoisotopic (exact) mass is 355 g/mol. The Bertz CT molecular complexity index is 744. The molecule has 3 aromatic rings.